The molecule has 1 aliphatic heterocycles. The van der Waals surface area contributed by atoms with Crippen LogP contribution in [-0.2, 0) is 0 Å². The summed E-state index contributed by atoms with van der Waals surface area (Å²) in [6.07, 6.45) is 2.25. The van der Waals surface area contributed by atoms with E-state index in [1.54, 1.807) is 17.8 Å². The molecule has 0 fully saturated rings. The molecule has 0 atom stereocenters. The van der Waals surface area contributed by atoms with Crippen molar-refractivity contribution >= 4 is 22.6 Å². The molecule has 0 unspecified atom stereocenters. The number of nitriles is 1. The van der Waals surface area contributed by atoms with E-state index in [0.29, 0.717) is 11.1 Å². The third-order valence-electron chi connectivity index (χ3n) is 3.91. The fourth-order valence-corrected chi connectivity index (χ4v) is 3.41. The molecule has 5 heteroatoms. The lowest BCUT2D eigenvalue weighted by Gasteiger charge is -2.33. The van der Waals surface area contributed by atoms with E-state index in [9.17, 15) is 4.39 Å². The standard InChI is InChI=1S/C15H18FN3S/c1-3-15(4-2)9-18-14(20-10-15)19-12-5-6-13(16)11(7-12)8-17/h5-7H,3-4,9-10H2,1-2H3,(H,18,19). The number of nitrogens with one attached hydrogen (secondary N) is 1. The first-order valence-electron chi connectivity index (χ1n) is 6.76. The molecule has 2 rings (SSSR count). The van der Waals surface area contributed by atoms with E-state index in [-0.39, 0.29) is 5.56 Å². The lowest BCUT2D eigenvalue weighted by Crippen LogP contribution is -2.32. The summed E-state index contributed by atoms with van der Waals surface area (Å²) < 4.78 is 13.3. The topological polar surface area (TPSA) is 48.2 Å². The minimum atomic E-state index is -0.493. The molecule has 3 nitrogen and oxygen atoms in total. The van der Waals surface area contributed by atoms with E-state index in [2.05, 4.69) is 24.2 Å². The molecule has 0 saturated carbocycles. The van der Waals surface area contributed by atoms with E-state index >= 15 is 0 Å². The van der Waals surface area contributed by atoms with E-state index in [4.69, 9.17) is 5.26 Å². The second-order valence-electron chi connectivity index (χ2n) is 5.05. The highest BCUT2D eigenvalue weighted by Crippen LogP contribution is 2.35. The summed E-state index contributed by atoms with van der Waals surface area (Å²) in [5.41, 5.74) is 1.05. The summed E-state index contributed by atoms with van der Waals surface area (Å²) in [6.45, 7) is 5.23. The molecule has 106 valence electrons. The molecule has 1 heterocycles. The molecular formula is C15H18FN3S. The fraction of sp³-hybridized carbons (Fsp3) is 0.467. The van der Waals surface area contributed by atoms with Crippen LogP contribution >= 0.6 is 11.8 Å². The molecule has 0 aliphatic carbocycles. The molecule has 0 bridgehead atoms. The maximum Gasteiger partial charge on any atom is 0.161 e. The summed E-state index contributed by atoms with van der Waals surface area (Å²) in [4.78, 5) is 4.59. The minimum Gasteiger partial charge on any atom is -0.335 e. The highest BCUT2D eigenvalue weighted by molar-refractivity contribution is 8.14. The average Bonchev–Trinajstić information content (AvgIpc) is 2.50. The number of anilines is 1. The first-order valence-corrected chi connectivity index (χ1v) is 7.75. The van der Waals surface area contributed by atoms with Gasteiger partial charge in [-0.25, -0.2) is 4.39 Å². The lowest BCUT2D eigenvalue weighted by molar-refractivity contribution is 0.318. The van der Waals surface area contributed by atoms with E-state index in [1.807, 2.05) is 6.07 Å². The third kappa shape index (κ3) is 3.13. The molecule has 0 aromatic heterocycles. The van der Waals surface area contributed by atoms with Crippen LogP contribution < -0.4 is 5.32 Å². The van der Waals surface area contributed by atoms with Crippen LogP contribution in [0.25, 0.3) is 0 Å². The number of halogens is 1. The molecule has 1 aromatic carbocycles. The molecule has 1 N–H and O–H groups in total. The van der Waals surface area contributed by atoms with Gasteiger partial charge in [0.1, 0.15) is 11.9 Å². The molecule has 1 aromatic rings. The first kappa shape index (κ1) is 14.9. The van der Waals surface area contributed by atoms with Crippen molar-refractivity contribution in [3.63, 3.8) is 0 Å². The molecule has 0 saturated heterocycles. The Morgan fingerprint density at radius 1 is 1.45 bits per heavy atom. The van der Waals surface area contributed by atoms with Crippen molar-refractivity contribution in [1.82, 2.24) is 0 Å². The van der Waals surface area contributed by atoms with Gasteiger partial charge in [0.05, 0.1) is 5.56 Å². The number of thioether (sulfide) groups is 1. The summed E-state index contributed by atoms with van der Waals surface area (Å²) >= 11 is 1.69. The number of hydrogen-bond acceptors (Lipinski definition) is 4. The van der Waals surface area contributed by atoms with Gasteiger partial charge in [-0.15, -0.1) is 0 Å². The Hall–Kier alpha value is -1.54. The van der Waals surface area contributed by atoms with E-state index < -0.39 is 5.82 Å². The Balaban J connectivity index is 2.09. The van der Waals surface area contributed by atoms with Crippen molar-refractivity contribution in [3.8, 4) is 6.07 Å². The Morgan fingerprint density at radius 3 is 2.75 bits per heavy atom. The highest BCUT2D eigenvalue weighted by atomic mass is 32.2. The monoisotopic (exact) mass is 291 g/mol. The zero-order valence-corrected chi connectivity index (χ0v) is 12.6. The van der Waals surface area contributed by atoms with Gasteiger partial charge in [-0.05, 0) is 36.5 Å². The minimum absolute atomic E-state index is 0.0490. The van der Waals surface area contributed by atoms with Gasteiger partial charge in [-0.3, -0.25) is 4.99 Å². The smallest absolute Gasteiger partial charge is 0.161 e. The van der Waals surface area contributed by atoms with Crippen LogP contribution in [0, 0.1) is 22.6 Å². The van der Waals surface area contributed by atoms with Gasteiger partial charge < -0.3 is 5.32 Å². The molecular weight excluding hydrogens is 273 g/mol. The Kier molecular flexibility index (Phi) is 4.66. The third-order valence-corrected chi connectivity index (χ3v) is 5.17. The van der Waals surface area contributed by atoms with Crippen molar-refractivity contribution in [3.05, 3.63) is 29.6 Å². The Morgan fingerprint density at radius 2 is 2.20 bits per heavy atom. The predicted octanol–water partition coefficient (Wildman–Crippen LogP) is 4.02. The zero-order chi connectivity index (χ0) is 14.6. The van der Waals surface area contributed by atoms with Crippen molar-refractivity contribution in [2.45, 2.75) is 26.7 Å². The van der Waals surface area contributed by atoms with Gasteiger partial charge in [0.15, 0.2) is 5.17 Å². The predicted molar refractivity (Wildman–Crippen MR) is 82.5 cm³/mol. The number of hydrogen-bond donors (Lipinski definition) is 1. The van der Waals surface area contributed by atoms with Gasteiger partial charge in [-0.2, -0.15) is 5.26 Å². The van der Waals surface area contributed by atoms with Crippen LogP contribution in [0.4, 0.5) is 10.1 Å². The Labute approximate surface area is 123 Å². The molecule has 20 heavy (non-hydrogen) atoms. The van der Waals surface area contributed by atoms with Gasteiger partial charge in [-0.1, -0.05) is 25.6 Å². The summed E-state index contributed by atoms with van der Waals surface area (Å²) in [7, 11) is 0. The summed E-state index contributed by atoms with van der Waals surface area (Å²) in [5.74, 6) is 0.547. The molecule has 0 radical (unpaired) electrons. The molecule has 0 spiro atoms. The second kappa shape index (κ2) is 6.27. The Bertz CT molecular complexity index is 559. The van der Waals surface area contributed by atoms with Crippen molar-refractivity contribution in [2.24, 2.45) is 10.4 Å². The maximum absolute atomic E-state index is 13.3. The lowest BCUT2D eigenvalue weighted by atomic mass is 9.84. The maximum atomic E-state index is 13.3. The van der Waals surface area contributed by atoms with Crippen LogP contribution in [0.15, 0.2) is 23.2 Å². The second-order valence-corrected chi connectivity index (χ2v) is 6.01. The van der Waals surface area contributed by atoms with Crippen LogP contribution in [0.2, 0.25) is 0 Å². The van der Waals surface area contributed by atoms with Gasteiger partial charge in [0.25, 0.3) is 0 Å². The molecule has 1 aliphatic rings. The van der Waals surface area contributed by atoms with Gasteiger partial charge in [0, 0.05) is 18.0 Å². The number of nitrogens with zero attached hydrogens (tertiary/aromatic N) is 2. The van der Waals surface area contributed by atoms with E-state index in [1.165, 1.54) is 12.1 Å². The summed E-state index contributed by atoms with van der Waals surface area (Å²) in [5, 5.41) is 12.8. The fourth-order valence-electron chi connectivity index (χ4n) is 2.12. The van der Waals surface area contributed by atoms with Crippen LogP contribution in [0.1, 0.15) is 32.3 Å². The van der Waals surface area contributed by atoms with Gasteiger partial charge >= 0.3 is 0 Å². The average molecular weight is 291 g/mol. The van der Waals surface area contributed by atoms with Gasteiger partial charge in [0.2, 0.25) is 0 Å². The van der Waals surface area contributed by atoms with Crippen molar-refractivity contribution < 1.29 is 4.39 Å². The molecule has 0 amide bonds. The van der Waals surface area contributed by atoms with Crippen LogP contribution in [0.3, 0.4) is 0 Å². The highest BCUT2D eigenvalue weighted by Gasteiger charge is 2.30. The first-order chi connectivity index (χ1) is 9.62. The number of amidine groups is 1. The van der Waals surface area contributed by atoms with Crippen molar-refractivity contribution in [1.29, 1.82) is 5.26 Å². The number of aliphatic imine (C=N–C) groups is 1. The van der Waals surface area contributed by atoms with E-state index in [0.717, 1.165) is 30.3 Å². The largest absolute Gasteiger partial charge is 0.335 e. The van der Waals surface area contributed by atoms with Crippen LogP contribution in [-0.4, -0.2) is 17.5 Å². The SMILES string of the molecule is CCC1(CC)CN=C(Nc2ccc(F)c(C#N)c2)SC1. The zero-order valence-electron chi connectivity index (χ0n) is 11.7. The number of rotatable bonds is 3. The normalized spacial score (nSPS) is 17.2. The number of benzene rings is 1. The summed E-state index contributed by atoms with van der Waals surface area (Å²) in [6, 6.07) is 6.29. The van der Waals surface area contributed by atoms with Crippen molar-refractivity contribution in [2.75, 3.05) is 17.6 Å². The van der Waals surface area contributed by atoms with Crippen LogP contribution in [0.5, 0.6) is 0 Å². The quantitative estimate of drug-likeness (QED) is 0.915.